The summed E-state index contributed by atoms with van der Waals surface area (Å²) in [5, 5.41) is 23.0. The topological polar surface area (TPSA) is 79.5 Å². The van der Waals surface area contributed by atoms with Crippen LogP contribution in [0, 0.1) is 10.1 Å². The molecule has 0 amide bonds. The Morgan fingerprint density at radius 1 is 1.63 bits per heavy atom. The van der Waals surface area contributed by atoms with Gasteiger partial charge >= 0.3 is 5.69 Å². The van der Waals surface area contributed by atoms with Crippen LogP contribution in [0.15, 0.2) is 17.0 Å². The maximum atomic E-state index is 11.1. The number of aliphatic hydroxyl groups excluding tert-OH is 1. The Morgan fingerprint density at radius 2 is 2.37 bits per heavy atom. The molecule has 2 aromatic heterocycles. The van der Waals surface area contributed by atoms with E-state index in [1.54, 1.807) is 24.4 Å². The standard InChI is InChI=1S/C11H13N3O3S2/c1-7(15)10-3-9(14(16)17)11(19-10)13(2)4-8-5-18-6-12-8/h3,5-7,15H,4H2,1-2H3/t7-/m0/s1. The Bertz CT molecular complexity index is 566. The second-order valence-electron chi connectivity index (χ2n) is 4.11. The van der Waals surface area contributed by atoms with Crippen LogP contribution >= 0.6 is 22.7 Å². The van der Waals surface area contributed by atoms with Gasteiger partial charge in [-0.05, 0) is 6.92 Å². The summed E-state index contributed by atoms with van der Waals surface area (Å²) in [5.41, 5.74) is 2.63. The van der Waals surface area contributed by atoms with Crippen molar-refractivity contribution in [2.75, 3.05) is 11.9 Å². The normalized spacial score (nSPS) is 12.4. The van der Waals surface area contributed by atoms with Crippen LogP contribution in [0.1, 0.15) is 23.6 Å². The molecule has 0 bridgehead atoms. The van der Waals surface area contributed by atoms with Crippen molar-refractivity contribution >= 4 is 33.4 Å². The van der Waals surface area contributed by atoms with Gasteiger partial charge in [-0.2, -0.15) is 0 Å². The summed E-state index contributed by atoms with van der Waals surface area (Å²) in [6.45, 7) is 2.10. The first kappa shape index (κ1) is 13.9. The Balaban J connectivity index is 2.29. The predicted octanol–water partition coefficient (Wildman–Crippen LogP) is 2.80. The molecular weight excluding hydrogens is 286 g/mol. The molecule has 0 aliphatic carbocycles. The monoisotopic (exact) mass is 299 g/mol. The molecule has 0 fully saturated rings. The molecule has 1 atom stereocenters. The summed E-state index contributed by atoms with van der Waals surface area (Å²) < 4.78 is 0. The molecule has 0 aliphatic rings. The summed E-state index contributed by atoms with van der Waals surface area (Å²) in [4.78, 5) is 17.2. The number of hydrogen-bond acceptors (Lipinski definition) is 7. The van der Waals surface area contributed by atoms with E-state index < -0.39 is 11.0 Å². The molecule has 6 nitrogen and oxygen atoms in total. The van der Waals surface area contributed by atoms with Crippen LogP contribution in [0.2, 0.25) is 0 Å². The number of nitro groups is 1. The predicted molar refractivity (Wildman–Crippen MR) is 75.8 cm³/mol. The van der Waals surface area contributed by atoms with E-state index in [-0.39, 0.29) is 5.69 Å². The first-order valence-electron chi connectivity index (χ1n) is 5.53. The molecule has 0 saturated heterocycles. The number of nitrogens with zero attached hydrogens (tertiary/aromatic N) is 3. The van der Waals surface area contributed by atoms with E-state index in [4.69, 9.17) is 0 Å². The van der Waals surface area contributed by atoms with E-state index in [1.807, 2.05) is 5.38 Å². The third kappa shape index (κ3) is 3.09. The van der Waals surface area contributed by atoms with Gasteiger partial charge in [-0.15, -0.1) is 22.7 Å². The highest BCUT2D eigenvalue weighted by Crippen LogP contribution is 2.40. The van der Waals surface area contributed by atoms with Crippen molar-refractivity contribution in [3.63, 3.8) is 0 Å². The molecule has 102 valence electrons. The van der Waals surface area contributed by atoms with Gasteiger partial charge in [0.2, 0.25) is 0 Å². The summed E-state index contributed by atoms with van der Waals surface area (Å²) in [7, 11) is 1.78. The number of rotatable bonds is 5. The highest BCUT2D eigenvalue weighted by Gasteiger charge is 2.24. The highest BCUT2D eigenvalue weighted by molar-refractivity contribution is 7.16. The average molecular weight is 299 g/mol. The Kier molecular flexibility index (Phi) is 4.13. The zero-order valence-electron chi connectivity index (χ0n) is 10.4. The smallest absolute Gasteiger partial charge is 0.304 e. The minimum atomic E-state index is -0.704. The fourth-order valence-corrected chi connectivity index (χ4v) is 3.20. The molecule has 0 aromatic carbocycles. The van der Waals surface area contributed by atoms with Gasteiger partial charge in [-0.3, -0.25) is 10.1 Å². The fourth-order valence-electron chi connectivity index (χ4n) is 1.63. The van der Waals surface area contributed by atoms with E-state index in [0.717, 1.165) is 5.69 Å². The van der Waals surface area contributed by atoms with E-state index in [1.165, 1.54) is 28.7 Å². The zero-order chi connectivity index (χ0) is 14.0. The van der Waals surface area contributed by atoms with E-state index in [9.17, 15) is 15.2 Å². The van der Waals surface area contributed by atoms with Crippen molar-refractivity contribution in [2.45, 2.75) is 19.6 Å². The summed E-state index contributed by atoms with van der Waals surface area (Å²) in [6, 6.07) is 1.43. The van der Waals surface area contributed by atoms with Crippen LogP contribution in [-0.2, 0) is 6.54 Å². The third-order valence-electron chi connectivity index (χ3n) is 2.55. The molecule has 0 unspecified atom stereocenters. The van der Waals surface area contributed by atoms with Crippen molar-refractivity contribution in [2.24, 2.45) is 0 Å². The van der Waals surface area contributed by atoms with Crippen molar-refractivity contribution in [3.05, 3.63) is 37.6 Å². The quantitative estimate of drug-likeness (QED) is 0.678. The number of hydrogen-bond donors (Lipinski definition) is 1. The number of thiazole rings is 1. The first-order chi connectivity index (χ1) is 8.99. The molecule has 0 aliphatic heterocycles. The first-order valence-corrected chi connectivity index (χ1v) is 7.29. The molecule has 2 rings (SSSR count). The third-order valence-corrected chi connectivity index (χ3v) is 4.59. The van der Waals surface area contributed by atoms with Crippen molar-refractivity contribution in [3.8, 4) is 0 Å². The van der Waals surface area contributed by atoms with Gasteiger partial charge < -0.3 is 10.0 Å². The maximum Gasteiger partial charge on any atom is 0.304 e. The SMILES string of the molecule is C[C@H](O)c1cc([N+](=O)[O-])c(N(C)Cc2cscn2)s1. The molecule has 0 saturated carbocycles. The second-order valence-corrected chi connectivity index (χ2v) is 5.89. The molecule has 8 heteroatoms. The minimum Gasteiger partial charge on any atom is -0.388 e. The molecule has 19 heavy (non-hydrogen) atoms. The lowest BCUT2D eigenvalue weighted by Gasteiger charge is -2.14. The highest BCUT2D eigenvalue weighted by atomic mass is 32.1. The number of aliphatic hydroxyl groups is 1. The Labute approximate surface area is 118 Å². The zero-order valence-corrected chi connectivity index (χ0v) is 12.1. The van der Waals surface area contributed by atoms with Crippen LogP contribution in [0.5, 0.6) is 0 Å². The van der Waals surface area contributed by atoms with Crippen LogP contribution in [-0.4, -0.2) is 22.1 Å². The van der Waals surface area contributed by atoms with Gasteiger partial charge in [0.25, 0.3) is 0 Å². The van der Waals surface area contributed by atoms with Crippen LogP contribution in [0.4, 0.5) is 10.7 Å². The van der Waals surface area contributed by atoms with Gasteiger partial charge in [0.1, 0.15) is 0 Å². The van der Waals surface area contributed by atoms with Gasteiger partial charge in [0, 0.05) is 23.4 Å². The Hall–Kier alpha value is -1.51. The minimum absolute atomic E-state index is 0.0265. The lowest BCUT2D eigenvalue weighted by Crippen LogP contribution is -2.16. The lowest BCUT2D eigenvalue weighted by molar-refractivity contribution is -0.383. The summed E-state index contributed by atoms with van der Waals surface area (Å²) >= 11 is 2.72. The van der Waals surface area contributed by atoms with Crippen molar-refractivity contribution in [1.29, 1.82) is 0 Å². The summed E-state index contributed by atoms with van der Waals surface area (Å²) in [5.74, 6) is 0. The van der Waals surface area contributed by atoms with Crippen molar-refractivity contribution in [1.82, 2.24) is 4.98 Å². The van der Waals surface area contributed by atoms with Gasteiger partial charge in [-0.1, -0.05) is 0 Å². The van der Waals surface area contributed by atoms with Crippen LogP contribution < -0.4 is 4.90 Å². The van der Waals surface area contributed by atoms with Gasteiger partial charge in [-0.25, -0.2) is 4.98 Å². The van der Waals surface area contributed by atoms with E-state index in [2.05, 4.69) is 4.98 Å². The average Bonchev–Trinajstić information content (AvgIpc) is 2.96. The number of thiophene rings is 1. The lowest BCUT2D eigenvalue weighted by atomic mass is 10.3. The second kappa shape index (κ2) is 5.64. The van der Waals surface area contributed by atoms with E-state index in [0.29, 0.717) is 16.4 Å². The largest absolute Gasteiger partial charge is 0.388 e. The molecule has 2 heterocycles. The number of aromatic nitrogens is 1. The molecular formula is C11H13N3O3S2. The van der Waals surface area contributed by atoms with Crippen LogP contribution in [0.3, 0.4) is 0 Å². The molecule has 0 radical (unpaired) electrons. The molecule has 1 N–H and O–H groups in total. The molecule has 0 spiro atoms. The maximum absolute atomic E-state index is 11.1. The fraction of sp³-hybridized carbons (Fsp3) is 0.364. The van der Waals surface area contributed by atoms with Gasteiger partial charge in [0.05, 0.1) is 28.8 Å². The van der Waals surface area contributed by atoms with Gasteiger partial charge in [0.15, 0.2) is 5.00 Å². The molecule has 2 aromatic rings. The number of anilines is 1. The summed E-state index contributed by atoms with van der Waals surface area (Å²) in [6.07, 6.45) is -0.704. The van der Waals surface area contributed by atoms with Crippen LogP contribution in [0.25, 0.3) is 0 Å². The van der Waals surface area contributed by atoms with E-state index >= 15 is 0 Å². The Morgan fingerprint density at radius 3 is 2.89 bits per heavy atom. The van der Waals surface area contributed by atoms with Crippen molar-refractivity contribution < 1.29 is 10.0 Å².